The Bertz CT molecular complexity index is 718. The number of aliphatic hydroxyl groups excluding tert-OH is 1. The van der Waals surface area contributed by atoms with Crippen LogP contribution in [0.2, 0.25) is 0 Å². The molecular formula is C25H37NO2. The van der Waals surface area contributed by atoms with Crippen molar-refractivity contribution in [2.75, 3.05) is 13.1 Å². The molecule has 0 amide bonds. The minimum atomic E-state index is -0.142. The van der Waals surface area contributed by atoms with E-state index < -0.39 is 0 Å². The Kier molecular flexibility index (Phi) is 4.54. The van der Waals surface area contributed by atoms with E-state index in [1.807, 2.05) is 0 Å². The molecule has 4 fully saturated rings. The third-order valence-electron chi connectivity index (χ3n) is 9.45. The normalized spacial score (nSPS) is 47.4. The maximum atomic E-state index is 13.5. The third kappa shape index (κ3) is 2.75. The standard InChI is InChI=1S/C25H37NO2/c1-24-10-8-19(27)15-18(24)6-7-20-21(24)9-11-25(2)22(20)14-17(23(25)28)16-26-12-4-3-5-13-26/h6,16,19-22,27H,3-5,7-15H2,1-2H3. The third-order valence-corrected chi connectivity index (χ3v) is 9.45. The molecule has 3 heteroatoms. The zero-order chi connectivity index (χ0) is 19.5. The quantitative estimate of drug-likeness (QED) is 0.519. The Morgan fingerprint density at radius 2 is 1.79 bits per heavy atom. The van der Waals surface area contributed by atoms with Gasteiger partial charge in [-0.25, -0.2) is 0 Å². The maximum Gasteiger partial charge on any atom is 0.166 e. The molecule has 0 aromatic carbocycles. The van der Waals surface area contributed by atoms with Crippen molar-refractivity contribution in [2.24, 2.45) is 28.6 Å². The Balaban J connectivity index is 1.43. The van der Waals surface area contributed by atoms with Crippen molar-refractivity contribution in [3.05, 3.63) is 23.4 Å². The van der Waals surface area contributed by atoms with Gasteiger partial charge < -0.3 is 10.0 Å². The van der Waals surface area contributed by atoms with Crippen LogP contribution in [-0.4, -0.2) is 35.0 Å². The summed E-state index contributed by atoms with van der Waals surface area (Å²) in [6.45, 7) is 6.98. The number of hydrogen-bond donors (Lipinski definition) is 1. The molecule has 28 heavy (non-hydrogen) atoms. The van der Waals surface area contributed by atoms with Crippen LogP contribution in [0.1, 0.15) is 78.1 Å². The molecule has 4 aliphatic carbocycles. The van der Waals surface area contributed by atoms with Crippen LogP contribution in [0.15, 0.2) is 23.4 Å². The van der Waals surface area contributed by atoms with Crippen LogP contribution < -0.4 is 0 Å². The lowest BCUT2D eigenvalue weighted by atomic mass is 9.48. The van der Waals surface area contributed by atoms with Crippen LogP contribution in [0.3, 0.4) is 0 Å². The Morgan fingerprint density at radius 1 is 1.04 bits per heavy atom. The van der Waals surface area contributed by atoms with Crippen LogP contribution in [0.25, 0.3) is 0 Å². The minimum absolute atomic E-state index is 0.140. The summed E-state index contributed by atoms with van der Waals surface area (Å²) >= 11 is 0. The van der Waals surface area contributed by atoms with Crippen molar-refractivity contribution >= 4 is 5.78 Å². The second-order valence-corrected chi connectivity index (χ2v) is 10.9. The van der Waals surface area contributed by atoms with Crippen LogP contribution in [0.5, 0.6) is 0 Å². The van der Waals surface area contributed by atoms with E-state index in [-0.39, 0.29) is 16.9 Å². The number of likely N-dealkylation sites (tertiary alicyclic amines) is 1. The van der Waals surface area contributed by atoms with Gasteiger partial charge in [0.1, 0.15) is 0 Å². The van der Waals surface area contributed by atoms with E-state index in [1.54, 1.807) is 0 Å². The lowest BCUT2D eigenvalue weighted by molar-refractivity contribution is -0.130. The average Bonchev–Trinajstić information content (AvgIpc) is 2.94. The lowest BCUT2D eigenvalue weighted by Crippen LogP contribution is -2.50. The molecule has 0 aromatic rings. The predicted octanol–water partition coefficient (Wildman–Crippen LogP) is 4.86. The van der Waals surface area contributed by atoms with Gasteiger partial charge in [0.2, 0.25) is 0 Å². The average molecular weight is 384 g/mol. The molecule has 0 aromatic heterocycles. The number of ketones is 1. The summed E-state index contributed by atoms with van der Waals surface area (Å²) in [5.41, 5.74) is 2.75. The number of carbonyl (C=O) groups excluding carboxylic acids is 1. The van der Waals surface area contributed by atoms with E-state index in [4.69, 9.17) is 0 Å². The smallest absolute Gasteiger partial charge is 0.166 e. The molecule has 1 N–H and O–H groups in total. The zero-order valence-electron chi connectivity index (χ0n) is 17.8. The Labute approximate surface area is 170 Å². The minimum Gasteiger partial charge on any atom is -0.393 e. The Hall–Kier alpha value is -1.09. The molecule has 6 atom stereocenters. The molecule has 1 saturated heterocycles. The first-order valence-corrected chi connectivity index (χ1v) is 11.8. The first kappa shape index (κ1) is 18.9. The van der Waals surface area contributed by atoms with Crippen molar-refractivity contribution in [2.45, 2.75) is 84.2 Å². The highest BCUT2D eigenvalue weighted by atomic mass is 16.3. The fourth-order valence-corrected chi connectivity index (χ4v) is 7.70. The van der Waals surface area contributed by atoms with Gasteiger partial charge >= 0.3 is 0 Å². The van der Waals surface area contributed by atoms with E-state index in [1.165, 1.54) is 31.3 Å². The van der Waals surface area contributed by atoms with Crippen molar-refractivity contribution in [3.8, 4) is 0 Å². The summed E-state index contributed by atoms with van der Waals surface area (Å²) in [5, 5.41) is 10.2. The molecule has 3 saturated carbocycles. The maximum absolute atomic E-state index is 13.5. The van der Waals surface area contributed by atoms with Gasteiger partial charge in [-0.2, -0.15) is 0 Å². The largest absolute Gasteiger partial charge is 0.393 e. The number of allylic oxidation sites excluding steroid dienone is 2. The molecule has 0 bridgehead atoms. The summed E-state index contributed by atoms with van der Waals surface area (Å²) < 4.78 is 0. The highest BCUT2D eigenvalue weighted by molar-refractivity contribution is 6.02. The van der Waals surface area contributed by atoms with E-state index >= 15 is 0 Å². The fourth-order valence-electron chi connectivity index (χ4n) is 7.70. The first-order chi connectivity index (χ1) is 13.4. The number of piperidine rings is 1. The summed E-state index contributed by atoms with van der Waals surface area (Å²) in [7, 11) is 0. The number of carbonyl (C=O) groups is 1. The second-order valence-electron chi connectivity index (χ2n) is 10.9. The number of aliphatic hydroxyl groups is 1. The Morgan fingerprint density at radius 3 is 2.57 bits per heavy atom. The number of rotatable bonds is 1. The first-order valence-electron chi connectivity index (χ1n) is 11.8. The summed E-state index contributed by atoms with van der Waals surface area (Å²) in [5.74, 6) is 2.30. The molecule has 1 aliphatic heterocycles. The number of hydrogen-bond acceptors (Lipinski definition) is 3. The molecule has 0 spiro atoms. The molecule has 154 valence electrons. The van der Waals surface area contributed by atoms with Gasteiger partial charge in [-0.15, -0.1) is 0 Å². The molecule has 6 unspecified atom stereocenters. The lowest BCUT2D eigenvalue weighted by Gasteiger charge is -2.56. The van der Waals surface area contributed by atoms with Gasteiger partial charge in [-0.3, -0.25) is 4.79 Å². The zero-order valence-corrected chi connectivity index (χ0v) is 17.8. The van der Waals surface area contributed by atoms with Crippen LogP contribution in [0.4, 0.5) is 0 Å². The van der Waals surface area contributed by atoms with Crippen LogP contribution in [-0.2, 0) is 4.79 Å². The molecule has 3 nitrogen and oxygen atoms in total. The molecule has 0 radical (unpaired) electrons. The number of nitrogens with zero attached hydrogens (tertiary/aromatic N) is 1. The second kappa shape index (κ2) is 6.72. The predicted molar refractivity (Wildman–Crippen MR) is 112 cm³/mol. The highest BCUT2D eigenvalue weighted by Gasteiger charge is 2.59. The molecule has 5 rings (SSSR count). The number of Topliss-reactive ketones (excluding diaryl/α,β-unsaturated/α-hetero) is 1. The number of fused-ring (bicyclic) bond motifs is 5. The van der Waals surface area contributed by atoms with E-state index in [9.17, 15) is 9.90 Å². The van der Waals surface area contributed by atoms with Gasteiger partial charge in [-0.05, 0) is 87.4 Å². The summed E-state index contributed by atoms with van der Waals surface area (Å²) in [4.78, 5) is 15.9. The van der Waals surface area contributed by atoms with Crippen molar-refractivity contribution in [1.82, 2.24) is 4.90 Å². The van der Waals surface area contributed by atoms with Gasteiger partial charge in [0.15, 0.2) is 5.78 Å². The van der Waals surface area contributed by atoms with Crippen molar-refractivity contribution in [1.29, 1.82) is 0 Å². The topological polar surface area (TPSA) is 40.5 Å². The van der Waals surface area contributed by atoms with Crippen LogP contribution in [0, 0.1) is 28.6 Å². The highest BCUT2D eigenvalue weighted by Crippen LogP contribution is 2.64. The molecular weight excluding hydrogens is 346 g/mol. The summed E-state index contributed by atoms with van der Waals surface area (Å²) in [6, 6.07) is 0. The van der Waals surface area contributed by atoms with Gasteiger partial charge in [0.05, 0.1) is 6.10 Å². The van der Waals surface area contributed by atoms with Gasteiger partial charge in [0, 0.05) is 30.3 Å². The molecule has 1 heterocycles. The van der Waals surface area contributed by atoms with Crippen LogP contribution >= 0.6 is 0 Å². The molecule has 5 aliphatic rings. The van der Waals surface area contributed by atoms with E-state index in [2.05, 4.69) is 31.0 Å². The van der Waals surface area contributed by atoms with E-state index in [0.29, 0.717) is 23.5 Å². The van der Waals surface area contributed by atoms with Gasteiger partial charge in [-0.1, -0.05) is 25.5 Å². The van der Waals surface area contributed by atoms with Crippen molar-refractivity contribution < 1.29 is 9.90 Å². The summed E-state index contributed by atoms with van der Waals surface area (Å²) in [6.07, 6.45) is 15.7. The van der Waals surface area contributed by atoms with E-state index in [0.717, 1.165) is 57.2 Å². The fraction of sp³-hybridized carbons (Fsp3) is 0.800. The van der Waals surface area contributed by atoms with Gasteiger partial charge in [0.25, 0.3) is 0 Å². The monoisotopic (exact) mass is 383 g/mol. The van der Waals surface area contributed by atoms with Crippen molar-refractivity contribution in [3.63, 3.8) is 0 Å². The SMILES string of the molecule is CC12CCC3C(CC=C4CC(O)CCC43C)C1CC(=CN1CCCCC1)C2=O.